The molecule has 138 valence electrons. The van der Waals surface area contributed by atoms with Gasteiger partial charge in [-0.2, -0.15) is 0 Å². The summed E-state index contributed by atoms with van der Waals surface area (Å²) in [7, 11) is 0. The monoisotopic (exact) mass is 322 g/mol. The Hall–Kier alpha value is -0.260. The smallest absolute Gasteiger partial charge is 0.0243 e. The number of rotatable bonds is 11. The molecule has 4 atom stereocenters. The molecule has 0 nitrogen and oxygen atoms in total. The van der Waals surface area contributed by atoms with E-state index in [0.29, 0.717) is 5.41 Å². The van der Waals surface area contributed by atoms with Gasteiger partial charge in [0.2, 0.25) is 0 Å². The minimum absolute atomic E-state index is 0.426. The average Bonchev–Trinajstić information content (AvgIpc) is 2.49. The van der Waals surface area contributed by atoms with Crippen molar-refractivity contribution in [2.75, 3.05) is 0 Å². The highest BCUT2D eigenvalue weighted by Gasteiger charge is 2.33. The molecule has 0 heterocycles. The molecule has 0 spiro atoms. The zero-order chi connectivity index (χ0) is 18.2. The fourth-order valence-electron chi connectivity index (χ4n) is 4.13. The molecule has 0 aromatic rings. The highest BCUT2D eigenvalue weighted by Crippen LogP contribution is 2.43. The van der Waals surface area contributed by atoms with Crippen molar-refractivity contribution in [1.29, 1.82) is 0 Å². The van der Waals surface area contributed by atoms with Crippen LogP contribution < -0.4 is 0 Å². The Bertz CT molecular complexity index is 336. The minimum atomic E-state index is 0.426. The molecule has 0 amide bonds. The van der Waals surface area contributed by atoms with E-state index in [4.69, 9.17) is 0 Å². The molecule has 4 unspecified atom stereocenters. The molecular weight excluding hydrogens is 276 g/mol. The van der Waals surface area contributed by atoms with Crippen molar-refractivity contribution in [3.63, 3.8) is 0 Å². The van der Waals surface area contributed by atoms with Gasteiger partial charge < -0.3 is 0 Å². The molecule has 0 saturated carbocycles. The Morgan fingerprint density at radius 1 is 0.957 bits per heavy atom. The molecule has 0 bridgehead atoms. The van der Waals surface area contributed by atoms with Gasteiger partial charge in [-0.05, 0) is 61.2 Å². The van der Waals surface area contributed by atoms with Gasteiger partial charge in [-0.3, -0.25) is 0 Å². The van der Waals surface area contributed by atoms with E-state index in [2.05, 4.69) is 75.3 Å². The lowest BCUT2D eigenvalue weighted by molar-refractivity contribution is 0.109. The Morgan fingerprint density at radius 2 is 1.52 bits per heavy atom. The van der Waals surface area contributed by atoms with Crippen LogP contribution in [0.1, 0.15) is 101 Å². The fraction of sp³-hybridized carbons (Fsp3) is 0.913. The third-order valence-corrected chi connectivity index (χ3v) is 7.01. The van der Waals surface area contributed by atoms with Crippen molar-refractivity contribution in [3.05, 3.63) is 11.6 Å². The zero-order valence-electron chi connectivity index (χ0n) is 18.0. The van der Waals surface area contributed by atoms with E-state index in [0.717, 1.165) is 29.6 Å². The van der Waals surface area contributed by atoms with Gasteiger partial charge >= 0.3 is 0 Å². The maximum atomic E-state index is 2.52. The summed E-state index contributed by atoms with van der Waals surface area (Å²) in [5.74, 6) is 4.08. The molecule has 0 N–H and O–H groups in total. The molecule has 0 rings (SSSR count). The predicted octanol–water partition coefficient (Wildman–Crippen LogP) is 8.13. The predicted molar refractivity (Wildman–Crippen MR) is 108 cm³/mol. The van der Waals surface area contributed by atoms with Gasteiger partial charge in [0.25, 0.3) is 0 Å². The Labute approximate surface area is 148 Å². The van der Waals surface area contributed by atoms with Crippen LogP contribution in [0.15, 0.2) is 11.6 Å². The molecule has 0 aliphatic carbocycles. The molecule has 0 fully saturated rings. The van der Waals surface area contributed by atoms with E-state index in [-0.39, 0.29) is 0 Å². The Kier molecular flexibility index (Phi) is 10.5. The summed E-state index contributed by atoms with van der Waals surface area (Å²) in [5.41, 5.74) is 1.97. The Morgan fingerprint density at radius 3 is 1.91 bits per heavy atom. The van der Waals surface area contributed by atoms with Crippen molar-refractivity contribution in [2.45, 2.75) is 101 Å². The highest BCUT2D eigenvalue weighted by molar-refractivity contribution is 5.01. The van der Waals surface area contributed by atoms with E-state index in [9.17, 15) is 0 Å². The molecule has 23 heavy (non-hydrogen) atoms. The number of allylic oxidation sites excluding steroid dienone is 2. The van der Waals surface area contributed by atoms with Crippen LogP contribution in [0.25, 0.3) is 0 Å². The van der Waals surface area contributed by atoms with Crippen LogP contribution in [0.3, 0.4) is 0 Å². The van der Waals surface area contributed by atoms with Crippen molar-refractivity contribution >= 4 is 0 Å². The SMILES string of the molecule is CC/C(C)=C/CC(C)(C(C)C)C(C)CCC(C)C(CC)C(C)C. The van der Waals surface area contributed by atoms with Crippen LogP contribution in [0.5, 0.6) is 0 Å². The lowest BCUT2D eigenvalue weighted by Gasteiger charge is -2.40. The first-order valence-corrected chi connectivity index (χ1v) is 10.3. The van der Waals surface area contributed by atoms with Crippen molar-refractivity contribution in [1.82, 2.24) is 0 Å². The summed E-state index contributed by atoms with van der Waals surface area (Å²) in [6, 6.07) is 0. The second-order valence-electron chi connectivity index (χ2n) is 9.04. The van der Waals surface area contributed by atoms with E-state index in [1.165, 1.54) is 32.1 Å². The molecule has 0 saturated heterocycles. The summed E-state index contributed by atoms with van der Waals surface area (Å²) in [4.78, 5) is 0. The Balaban J connectivity index is 4.83. The van der Waals surface area contributed by atoms with Crippen LogP contribution >= 0.6 is 0 Å². The molecular formula is C23H46. The van der Waals surface area contributed by atoms with Crippen LogP contribution in [-0.2, 0) is 0 Å². The van der Waals surface area contributed by atoms with Gasteiger partial charge in [-0.1, -0.05) is 86.8 Å². The van der Waals surface area contributed by atoms with Gasteiger partial charge in [0.15, 0.2) is 0 Å². The average molecular weight is 323 g/mol. The number of hydrogen-bond acceptors (Lipinski definition) is 0. The summed E-state index contributed by atoms with van der Waals surface area (Å²) in [6.45, 7) is 24.0. The van der Waals surface area contributed by atoms with Gasteiger partial charge in [0, 0.05) is 0 Å². The first-order chi connectivity index (χ1) is 10.6. The van der Waals surface area contributed by atoms with Gasteiger partial charge in [-0.15, -0.1) is 0 Å². The fourth-order valence-corrected chi connectivity index (χ4v) is 4.13. The highest BCUT2D eigenvalue weighted by atomic mass is 14.4. The minimum Gasteiger partial charge on any atom is -0.0851 e. The van der Waals surface area contributed by atoms with E-state index in [1.54, 1.807) is 5.57 Å². The lowest BCUT2D eigenvalue weighted by Crippen LogP contribution is -2.31. The summed E-state index contributed by atoms with van der Waals surface area (Å²) in [6.07, 6.45) is 9.01. The van der Waals surface area contributed by atoms with Crippen molar-refractivity contribution in [3.8, 4) is 0 Å². The normalized spacial score (nSPS) is 19.7. The van der Waals surface area contributed by atoms with Crippen LogP contribution in [0.4, 0.5) is 0 Å². The van der Waals surface area contributed by atoms with Crippen LogP contribution in [0, 0.1) is 35.0 Å². The summed E-state index contributed by atoms with van der Waals surface area (Å²) < 4.78 is 0. The second kappa shape index (κ2) is 10.6. The van der Waals surface area contributed by atoms with Crippen LogP contribution in [0.2, 0.25) is 0 Å². The van der Waals surface area contributed by atoms with E-state index >= 15 is 0 Å². The first-order valence-electron chi connectivity index (χ1n) is 10.3. The largest absolute Gasteiger partial charge is 0.0851 e. The second-order valence-corrected chi connectivity index (χ2v) is 9.04. The molecule has 0 aromatic heterocycles. The molecule has 0 radical (unpaired) electrons. The molecule has 0 aliphatic rings. The third-order valence-electron chi connectivity index (χ3n) is 7.01. The maximum Gasteiger partial charge on any atom is -0.0243 e. The first kappa shape index (κ1) is 22.7. The van der Waals surface area contributed by atoms with Gasteiger partial charge in [0.1, 0.15) is 0 Å². The zero-order valence-corrected chi connectivity index (χ0v) is 18.0. The van der Waals surface area contributed by atoms with Crippen molar-refractivity contribution in [2.24, 2.45) is 35.0 Å². The lowest BCUT2D eigenvalue weighted by atomic mass is 9.65. The van der Waals surface area contributed by atoms with E-state index < -0.39 is 0 Å². The van der Waals surface area contributed by atoms with Crippen LogP contribution in [-0.4, -0.2) is 0 Å². The molecule has 0 heteroatoms. The van der Waals surface area contributed by atoms with Gasteiger partial charge in [0.05, 0.1) is 0 Å². The summed E-state index contributed by atoms with van der Waals surface area (Å²) in [5, 5.41) is 0. The molecule has 0 aliphatic heterocycles. The maximum absolute atomic E-state index is 2.52. The van der Waals surface area contributed by atoms with Gasteiger partial charge in [-0.25, -0.2) is 0 Å². The summed E-state index contributed by atoms with van der Waals surface area (Å²) >= 11 is 0. The van der Waals surface area contributed by atoms with Crippen molar-refractivity contribution < 1.29 is 0 Å². The quantitative estimate of drug-likeness (QED) is 0.337. The topological polar surface area (TPSA) is 0 Å². The standard InChI is InChI=1S/C23H46/c1-11-19(7)15-16-23(10,18(5)6)21(9)14-13-20(8)22(12-2)17(3)4/h15,17-18,20-22H,11-14,16H2,1-10H3/b19-15+. The third kappa shape index (κ3) is 7.02. The molecule has 0 aromatic carbocycles. The van der Waals surface area contributed by atoms with E-state index in [1.807, 2.05) is 0 Å². The number of hydrogen-bond donors (Lipinski definition) is 0.